The number of nitrogens with zero attached hydrogens (tertiary/aromatic N) is 3. The van der Waals surface area contributed by atoms with Crippen molar-refractivity contribution in [1.82, 2.24) is 15.0 Å². The van der Waals surface area contributed by atoms with Crippen molar-refractivity contribution in [2.24, 2.45) is 0 Å². The Balaban J connectivity index is 1.94. The van der Waals surface area contributed by atoms with E-state index in [-0.39, 0.29) is 5.91 Å². The maximum atomic E-state index is 13.6. The second-order valence-electron chi connectivity index (χ2n) is 5.06. The fraction of sp³-hybridized carbons (Fsp3) is 0.250. The van der Waals surface area contributed by atoms with E-state index < -0.39 is 5.82 Å². The van der Waals surface area contributed by atoms with Gasteiger partial charge in [-0.1, -0.05) is 18.3 Å². The number of fused-ring (bicyclic) bond motifs is 1. The molecule has 0 aliphatic carbocycles. The molecule has 24 heavy (non-hydrogen) atoms. The van der Waals surface area contributed by atoms with Gasteiger partial charge >= 0.3 is 0 Å². The molecule has 3 aromatic rings. The van der Waals surface area contributed by atoms with E-state index in [9.17, 15) is 9.18 Å². The SMILES string of the molecule is CCc1nc(C)ncc1C(=O)Nc1nc2c(OC)cc(F)cc2s1. The Hall–Kier alpha value is -2.61. The minimum Gasteiger partial charge on any atom is -0.494 e. The summed E-state index contributed by atoms with van der Waals surface area (Å²) in [7, 11) is 1.45. The van der Waals surface area contributed by atoms with E-state index in [2.05, 4.69) is 20.3 Å². The van der Waals surface area contributed by atoms with Crippen LogP contribution < -0.4 is 10.1 Å². The molecular weight excluding hydrogens is 331 g/mol. The highest BCUT2D eigenvalue weighted by Gasteiger charge is 2.16. The van der Waals surface area contributed by atoms with Gasteiger partial charge in [-0.15, -0.1) is 0 Å². The van der Waals surface area contributed by atoms with E-state index >= 15 is 0 Å². The second kappa shape index (κ2) is 6.48. The molecule has 0 saturated heterocycles. The number of methoxy groups -OCH3 is 1. The average Bonchev–Trinajstić information content (AvgIpc) is 2.95. The first-order chi connectivity index (χ1) is 11.5. The third kappa shape index (κ3) is 3.05. The highest BCUT2D eigenvalue weighted by atomic mass is 32.1. The molecule has 0 aliphatic rings. The molecule has 3 rings (SSSR count). The number of aromatic nitrogens is 3. The van der Waals surface area contributed by atoms with Crippen LogP contribution in [0.5, 0.6) is 5.75 Å². The third-order valence-electron chi connectivity index (χ3n) is 3.43. The van der Waals surface area contributed by atoms with Crippen molar-refractivity contribution < 1.29 is 13.9 Å². The lowest BCUT2D eigenvalue weighted by atomic mass is 10.2. The first-order valence-electron chi connectivity index (χ1n) is 7.29. The Bertz CT molecular complexity index is 926. The number of thiazole rings is 1. The zero-order valence-corrected chi connectivity index (χ0v) is 14.2. The molecule has 124 valence electrons. The first kappa shape index (κ1) is 16.3. The van der Waals surface area contributed by atoms with Gasteiger partial charge in [-0.05, 0) is 19.4 Å². The summed E-state index contributed by atoms with van der Waals surface area (Å²) in [5, 5.41) is 3.09. The van der Waals surface area contributed by atoms with E-state index in [0.717, 1.165) is 0 Å². The summed E-state index contributed by atoms with van der Waals surface area (Å²) in [6.45, 7) is 3.69. The summed E-state index contributed by atoms with van der Waals surface area (Å²) in [6.07, 6.45) is 2.12. The van der Waals surface area contributed by atoms with Crippen molar-refractivity contribution in [3.8, 4) is 5.75 Å². The van der Waals surface area contributed by atoms with Crippen molar-refractivity contribution in [3.05, 3.63) is 41.2 Å². The summed E-state index contributed by atoms with van der Waals surface area (Å²) < 4.78 is 19.3. The molecule has 0 radical (unpaired) electrons. The van der Waals surface area contributed by atoms with Gasteiger partial charge in [0.15, 0.2) is 5.13 Å². The van der Waals surface area contributed by atoms with E-state index in [1.165, 1.54) is 36.8 Å². The molecule has 1 N–H and O–H groups in total. The lowest BCUT2D eigenvalue weighted by Crippen LogP contribution is -2.16. The lowest BCUT2D eigenvalue weighted by Gasteiger charge is -2.06. The number of halogens is 1. The van der Waals surface area contributed by atoms with Crippen LogP contribution in [0.25, 0.3) is 10.2 Å². The summed E-state index contributed by atoms with van der Waals surface area (Å²) in [5.41, 5.74) is 1.58. The Morgan fingerprint density at radius 3 is 2.88 bits per heavy atom. The lowest BCUT2D eigenvalue weighted by molar-refractivity contribution is 0.102. The molecule has 0 aliphatic heterocycles. The number of ether oxygens (including phenoxy) is 1. The van der Waals surface area contributed by atoms with Crippen molar-refractivity contribution in [1.29, 1.82) is 0 Å². The first-order valence-corrected chi connectivity index (χ1v) is 8.11. The van der Waals surface area contributed by atoms with Gasteiger partial charge < -0.3 is 4.74 Å². The number of anilines is 1. The maximum Gasteiger partial charge on any atom is 0.260 e. The summed E-state index contributed by atoms with van der Waals surface area (Å²) in [4.78, 5) is 25.1. The molecule has 1 amide bonds. The number of carbonyl (C=O) groups is 1. The largest absolute Gasteiger partial charge is 0.494 e. The van der Waals surface area contributed by atoms with Crippen molar-refractivity contribution >= 4 is 32.6 Å². The monoisotopic (exact) mass is 346 g/mol. The Labute approximate surface area is 141 Å². The molecule has 8 heteroatoms. The van der Waals surface area contributed by atoms with Crippen LogP contribution in [0.4, 0.5) is 9.52 Å². The number of benzene rings is 1. The molecule has 0 unspecified atom stereocenters. The number of amides is 1. The predicted octanol–water partition coefficient (Wildman–Crippen LogP) is 3.36. The summed E-state index contributed by atoms with van der Waals surface area (Å²) in [6, 6.07) is 2.62. The molecule has 0 bridgehead atoms. The van der Waals surface area contributed by atoms with Crippen LogP contribution in [0.3, 0.4) is 0 Å². The van der Waals surface area contributed by atoms with E-state index in [0.29, 0.717) is 44.6 Å². The molecule has 1 aromatic carbocycles. The van der Waals surface area contributed by atoms with Crippen LogP contribution in [0.15, 0.2) is 18.3 Å². The molecule has 0 fully saturated rings. The Morgan fingerprint density at radius 2 is 2.17 bits per heavy atom. The van der Waals surface area contributed by atoms with Crippen molar-refractivity contribution in [3.63, 3.8) is 0 Å². The highest BCUT2D eigenvalue weighted by molar-refractivity contribution is 7.22. The van der Waals surface area contributed by atoms with Gasteiger partial charge in [-0.2, -0.15) is 0 Å². The minimum absolute atomic E-state index is 0.328. The topological polar surface area (TPSA) is 77.0 Å². The van der Waals surface area contributed by atoms with Crippen LogP contribution in [-0.4, -0.2) is 28.0 Å². The normalized spacial score (nSPS) is 10.8. The number of rotatable bonds is 4. The zero-order valence-electron chi connectivity index (χ0n) is 13.4. The van der Waals surface area contributed by atoms with Crippen molar-refractivity contribution in [2.75, 3.05) is 12.4 Å². The molecule has 6 nitrogen and oxygen atoms in total. The van der Waals surface area contributed by atoms with Crippen LogP contribution in [0.2, 0.25) is 0 Å². The van der Waals surface area contributed by atoms with Gasteiger partial charge in [-0.3, -0.25) is 10.1 Å². The molecule has 2 aromatic heterocycles. The Kier molecular flexibility index (Phi) is 4.39. The average molecular weight is 346 g/mol. The quantitative estimate of drug-likeness (QED) is 0.784. The number of nitrogens with one attached hydrogen (secondary N) is 1. The van der Waals surface area contributed by atoms with Crippen LogP contribution in [-0.2, 0) is 6.42 Å². The Morgan fingerprint density at radius 1 is 1.38 bits per heavy atom. The zero-order chi connectivity index (χ0) is 17.3. The van der Waals surface area contributed by atoms with Crippen LogP contribution in [0, 0.1) is 12.7 Å². The molecule has 0 atom stereocenters. The van der Waals surface area contributed by atoms with E-state index in [1.807, 2.05) is 6.92 Å². The van der Waals surface area contributed by atoms with Gasteiger partial charge in [0.1, 0.15) is 22.9 Å². The number of hydrogen-bond donors (Lipinski definition) is 1. The van der Waals surface area contributed by atoms with Gasteiger partial charge in [0.05, 0.1) is 23.1 Å². The highest BCUT2D eigenvalue weighted by Crippen LogP contribution is 2.33. The maximum absolute atomic E-state index is 13.6. The van der Waals surface area contributed by atoms with Crippen LogP contribution in [0.1, 0.15) is 28.8 Å². The molecule has 0 spiro atoms. The van der Waals surface area contributed by atoms with E-state index in [4.69, 9.17) is 4.74 Å². The standard InChI is InChI=1S/C16H15FN4O2S/c1-4-11-10(7-18-8(2)19-11)15(22)21-16-20-14-12(23-3)5-9(17)6-13(14)24-16/h5-7H,4H2,1-3H3,(H,20,21,22). The van der Waals surface area contributed by atoms with Gasteiger partial charge in [0.25, 0.3) is 5.91 Å². The summed E-state index contributed by atoms with van der Waals surface area (Å²) in [5.74, 6) is 0.185. The van der Waals surface area contributed by atoms with E-state index in [1.54, 1.807) is 6.92 Å². The summed E-state index contributed by atoms with van der Waals surface area (Å²) >= 11 is 1.18. The second-order valence-corrected chi connectivity index (χ2v) is 6.09. The number of hydrogen-bond acceptors (Lipinski definition) is 6. The molecule has 0 saturated carbocycles. The fourth-order valence-corrected chi connectivity index (χ4v) is 3.22. The van der Waals surface area contributed by atoms with Crippen LogP contribution >= 0.6 is 11.3 Å². The van der Waals surface area contributed by atoms with Gasteiger partial charge in [0, 0.05) is 12.3 Å². The predicted molar refractivity (Wildman–Crippen MR) is 90.2 cm³/mol. The number of aryl methyl sites for hydroxylation is 2. The minimum atomic E-state index is -0.416. The molecular formula is C16H15FN4O2S. The number of carbonyl (C=O) groups excluding carboxylic acids is 1. The van der Waals surface area contributed by atoms with Gasteiger partial charge in [0.2, 0.25) is 0 Å². The smallest absolute Gasteiger partial charge is 0.260 e. The van der Waals surface area contributed by atoms with Gasteiger partial charge in [-0.25, -0.2) is 19.3 Å². The molecule has 2 heterocycles. The fourth-order valence-electron chi connectivity index (χ4n) is 2.32. The third-order valence-corrected chi connectivity index (χ3v) is 4.35. The van der Waals surface area contributed by atoms with Crippen molar-refractivity contribution in [2.45, 2.75) is 20.3 Å².